The van der Waals surface area contributed by atoms with Gasteiger partial charge >= 0.3 is 0 Å². The molecule has 0 radical (unpaired) electrons. The molecular formula is C23H29N7O. The van der Waals surface area contributed by atoms with Crippen molar-refractivity contribution in [3.63, 3.8) is 0 Å². The topological polar surface area (TPSA) is 92.4 Å². The van der Waals surface area contributed by atoms with Crippen molar-refractivity contribution in [2.45, 2.75) is 13.5 Å². The first kappa shape index (κ1) is 20.9. The minimum absolute atomic E-state index is 0.277. The normalized spacial score (nSPS) is 14.5. The van der Waals surface area contributed by atoms with Gasteiger partial charge in [0, 0.05) is 50.2 Å². The van der Waals surface area contributed by atoms with E-state index in [0.29, 0.717) is 12.5 Å². The van der Waals surface area contributed by atoms with Crippen LogP contribution in [0.5, 0.6) is 5.88 Å². The molecule has 0 saturated carbocycles. The van der Waals surface area contributed by atoms with E-state index < -0.39 is 0 Å². The summed E-state index contributed by atoms with van der Waals surface area (Å²) in [7, 11) is 2.16. The SMILES string of the molecule is CCNc1cc(COc2nc(-c3ccc(N4CCN(C)CC4)cc3)cnc2N)ccn1. The number of nitrogens with zero attached hydrogens (tertiary/aromatic N) is 5. The largest absolute Gasteiger partial charge is 0.470 e. The van der Waals surface area contributed by atoms with Crippen molar-refractivity contribution in [3.8, 4) is 17.1 Å². The molecular weight excluding hydrogens is 390 g/mol. The predicted molar refractivity (Wildman–Crippen MR) is 124 cm³/mol. The molecule has 3 aromatic rings. The van der Waals surface area contributed by atoms with Gasteiger partial charge in [0.15, 0.2) is 5.82 Å². The highest BCUT2D eigenvalue weighted by molar-refractivity contribution is 5.64. The number of aromatic nitrogens is 3. The van der Waals surface area contributed by atoms with Crippen molar-refractivity contribution >= 4 is 17.3 Å². The van der Waals surface area contributed by atoms with Crippen LogP contribution in [-0.2, 0) is 6.61 Å². The summed E-state index contributed by atoms with van der Waals surface area (Å²) in [6.07, 6.45) is 3.44. The highest BCUT2D eigenvalue weighted by atomic mass is 16.5. The molecule has 4 rings (SSSR count). The maximum Gasteiger partial charge on any atom is 0.258 e. The Bertz CT molecular complexity index is 1000. The second-order valence-corrected chi connectivity index (χ2v) is 7.65. The van der Waals surface area contributed by atoms with Gasteiger partial charge in [0.05, 0.1) is 11.9 Å². The number of nitrogen functional groups attached to an aromatic ring is 1. The number of piperazine rings is 1. The first-order valence-corrected chi connectivity index (χ1v) is 10.6. The third-order valence-corrected chi connectivity index (χ3v) is 5.36. The molecule has 1 fully saturated rings. The Labute approximate surface area is 183 Å². The predicted octanol–water partition coefficient (Wildman–Crippen LogP) is 2.88. The van der Waals surface area contributed by atoms with Gasteiger partial charge in [-0.1, -0.05) is 12.1 Å². The lowest BCUT2D eigenvalue weighted by Gasteiger charge is -2.34. The Morgan fingerprint density at radius 1 is 1.06 bits per heavy atom. The lowest BCUT2D eigenvalue weighted by molar-refractivity contribution is 0.295. The maximum atomic E-state index is 6.01. The zero-order valence-electron chi connectivity index (χ0n) is 18.1. The van der Waals surface area contributed by atoms with Crippen LogP contribution in [0.25, 0.3) is 11.3 Å². The Hall–Kier alpha value is -3.39. The number of benzene rings is 1. The van der Waals surface area contributed by atoms with Gasteiger partial charge in [0.2, 0.25) is 0 Å². The number of nitrogens with two attached hydrogens (primary N) is 1. The monoisotopic (exact) mass is 419 g/mol. The van der Waals surface area contributed by atoms with E-state index in [4.69, 9.17) is 10.5 Å². The Kier molecular flexibility index (Phi) is 6.47. The van der Waals surface area contributed by atoms with Gasteiger partial charge in [-0.2, -0.15) is 0 Å². The third kappa shape index (κ3) is 5.21. The number of nitrogens with one attached hydrogen (secondary N) is 1. The van der Waals surface area contributed by atoms with Crippen LogP contribution in [0.1, 0.15) is 12.5 Å². The minimum atomic E-state index is 0.277. The third-order valence-electron chi connectivity index (χ3n) is 5.36. The number of likely N-dealkylation sites (N-methyl/N-ethyl adjacent to an activating group) is 1. The number of rotatable bonds is 7. The lowest BCUT2D eigenvalue weighted by atomic mass is 10.1. The molecule has 162 valence electrons. The molecule has 3 N–H and O–H groups in total. The van der Waals surface area contributed by atoms with Crippen LogP contribution in [0.15, 0.2) is 48.8 Å². The second kappa shape index (κ2) is 9.61. The Balaban J connectivity index is 1.45. The fourth-order valence-corrected chi connectivity index (χ4v) is 3.53. The summed E-state index contributed by atoms with van der Waals surface area (Å²) >= 11 is 0. The highest BCUT2D eigenvalue weighted by Crippen LogP contribution is 2.26. The molecule has 0 spiro atoms. The van der Waals surface area contributed by atoms with E-state index in [1.165, 1.54) is 5.69 Å². The van der Waals surface area contributed by atoms with E-state index in [1.54, 1.807) is 12.4 Å². The molecule has 0 bridgehead atoms. The molecule has 0 aliphatic carbocycles. The van der Waals surface area contributed by atoms with Crippen LogP contribution in [0.3, 0.4) is 0 Å². The van der Waals surface area contributed by atoms with Crippen molar-refractivity contribution in [2.24, 2.45) is 0 Å². The van der Waals surface area contributed by atoms with E-state index in [-0.39, 0.29) is 5.82 Å². The van der Waals surface area contributed by atoms with Gasteiger partial charge in [0.1, 0.15) is 12.4 Å². The van der Waals surface area contributed by atoms with Crippen LogP contribution >= 0.6 is 0 Å². The van der Waals surface area contributed by atoms with E-state index in [0.717, 1.165) is 55.4 Å². The molecule has 2 aromatic heterocycles. The fourth-order valence-electron chi connectivity index (χ4n) is 3.53. The van der Waals surface area contributed by atoms with Gasteiger partial charge in [-0.15, -0.1) is 0 Å². The van der Waals surface area contributed by atoms with Crippen LogP contribution in [0.2, 0.25) is 0 Å². The van der Waals surface area contributed by atoms with Crippen LogP contribution in [-0.4, -0.2) is 59.6 Å². The molecule has 31 heavy (non-hydrogen) atoms. The summed E-state index contributed by atoms with van der Waals surface area (Å²) in [6, 6.07) is 12.3. The number of ether oxygens (including phenoxy) is 1. The molecule has 3 heterocycles. The van der Waals surface area contributed by atoms with Gasteiger partial charge in [-0.25, -0.2) is 15.0 Å². The second-order valence-electron chi connectivity index (χ2n) is 7.65. The van der Waals surface area contributed by atoms with Crippen molar-refractivity contribution < 1.29 is 4.74 Å². The lowest BCUT2D eigenvalue weighted by Crippen LogP contribution is -2.44. The molecule has 0 atom stereocenters. The number of pyridine rings is 1. The molecule has 1 aliphatic rings. The van der Waals surface area contributed by atoms with E-state index in [1.807, 2.05) is 19.1 Å². The summed E-state index contributed by atoms with van der Waals surface area (Å²) in [4.78, 5) is 17.9. The number of hydrogen-bond acceptors (Lipinski definition) is 8. The zero-order chi connectivity index (χ0) is 21.6. The van der Waals surface area contributed by atoms with Gasteiger partial charge in [0.25, 0.3) is 5.88 Å². The van der Waals surface area contributed by atoms with Gasteiger partial charge in [-0.3, -0.25) is 0 Å². The molecule has 1 aliphatic heterocycles. The fraction of sp³-hybridized carbons (Fsp3) is 0.348. The molecule has 0 amide bonds. The number of anilines is 3. The van der Waals surface area contributed by atoms with Crippen molar-refractivity contribution in [3.05, 3.63) is 54.4 Å². The van der Waals surface area contributed by atoms with Crippen LogP contribution in [0, 0.1) is 0 Å². The Morgan fingerprint density at radius 3 is 2.58 bits per heavy atom. The maximum absolute atomic E-state index is 6.01. The van der Waals surface area contributed by atoms with E-state index >= 15 is 0 Å². The Morgan fingerprint density at radius 2 is 1.84 bits per heavy atom. The summed E-state index contributed by atoms with van der Waals surface area (Å²) < 4.78 is 5.88. The smallest absolute Gasteiger partial charge is 0.258 e. The number of hydrogen-bond donors (Lipinski definition) is 2. The zero-order valence-corrected chi connectivity index (χ0v) is 18.1. The van der Waals surface area contributed by atoms with E-state index in [2.05, 4.69) is 61.4 Å². The summed E-state index contributed by atoms with van der Waals surface area (Å²) in [6.45, 7) is 7.43. The molecule has 1 saturated heterocycles. The van der Waals surface area contributed by atoms with Crippen LogP contribution < -0.4 is 20.7 Å². The summed E-state index contributed by atoms with van der Waals surface area (Å²) in [5, 5.41) is 3.19. The first-order valence-electron chi connectivity index (χ1n) is 10.6. The molecule has 8 heteroatoms. The minimum Gasteiger partial charge on any atom is -0.470 e. The van der Waals surface area contributed by atoms with E-state index in [9.17, 15) is 0 Å². The highest BCUT2D eigenvalue weighted by Gasteiger charge is 2.15. The molecule has 8 nitrogen and oxygen atoms in total. The molecule has 1 aromatic carbocycles. The first-order chi connectivity index (χ1) is 15.1. The van der Waals surface area contributed by atoms with Crippen molar-refractivity contribution in [1.29, 1.82) is 0 Å². The summed E-state index contributed by atoms with van der Waals surface area (Å²) in [5.41, 5.74) is 9.93. The standard InChI is InChI=1S/C23H29N7O/c1-3-25-21-14-17(8-9-26-21)16-31-23-22(24)27-15-20(28-23)18-4-6-19(7-5-18)30-12-10-29(2)11-13-30/h4-9,14-15H,3,10-13,16H2,1-2H3,(H2,24,27)(H,25,26). The summed E-state index contributed by atoms with van der Waals surface area (Å²) in [5.74, 6) is 1.43. The van der Waals surface area contributed by atoms with Gasteiger partial charge < -0.3 is 25.6 Å². The van der Waals surface area contributed by atoms with Crippen molar-refractivity contribution in [1.82, 2.24) is 19.9 Å². The average molecular weight is 420 g/mol. The van der Waals surface area contributed by atoms with Crippen molar-refractivity contribution in [2.75, 3.05) is 55.7 Å². The van der Waals surface area contributed by atoms with Crippen LogP contribution in [0.4, 0.5) is 17.3 Å². The molecule has 0 unspecified atom stereocenters. The quantitative estimate of drug-likeness (QED) is 0.604. The average Bonchev–Trinajstić information content (AvgIpc) is 2.80. The van der Waals surface area contributed by atoms with Gasteiger partial charge in [-0.05, 0) is 43.8 Å².